The molecule has 2 fully saturated rings. The first-order chi connectivity index (χ1) is 46.1. The molecule has 0 radical (unpaired) electrons. The number of amides is 1. The van der Waals surface area contributed by atoms with Crippen LogP contribution < -0.4 is 5.32 Å². The number of hydrogen-bond donors (Lipinski definition) is 9. The first kappa shape index (κ1) is 87.3. The predicted octanol–water partition coefficient (Wildman–Crippen LogP) is 17.1. The number of allylic oxidation sites excluding steroid dienone is 13. The SMILES string of the molecule is CC/C=C\C/C=C\C/C=C\C/C=C\CCCCCCCCCCCCCCCCCCCCCCCCC(=O)NC(COC1OC(CO)C(OC2OC(CO)C(O)C(O)C2O)C(O)C1O)C(O)/C=C/CC/C=C/CC/C=C/CCCCCCCCCCCCCCCCC. The van der Waals surface area contributed by atoms with Gasteiger partial charge in [-0.1, -0.05) is 317 Å². The number of aliphatic hydroxyl groups is 8. The van der Waals surface area contributed by atoms with Crippen LogP contribution >= 0.6 is 0 Å². The van der Waals surface area contributed by atoms with Gasteiger partial charge in [0.2, 0.25) is 5.91 Å². The second-order valence-corrected chi connectivity index (χ2v) is 27.1. The monoisotopic (exact) mass is 1330 g/mol. The number of aliphatic hydroxyl groups excluding tert-OH is 8. The van der Waals surface area contributed by atoms with Crippen molar-refractivity contribution in [1.82, 2.24) is 5.32 Å². The Balaban J connectivity index is 1.63. The van der Waals surface area contributed by atoms with E-state index in [0.29, 0.717) is 12.8 Å². The van der Waals surface area contributed by atoms with Gasteiger partial charge in [-0.3, -0.25) is 4.79 Å². The van der Waals surface area contributed by atoms with Gasteiger partial charge in [-0.15, -0.1) is 0 Å². The van der Waals surface area contributed by atoms with Crippen molar-refractivity contribution in [3.05, 3.63) is 85.1 Å². The quantitative estimate of drug-likeness (QED) is 0.0204. The normalized spacial score (nSPS) is 22.9. The Hall–Kier alpha value is -2.83. The fourth-order valence-corrected chi connectivity index (χ4v) is 12.4. The molecule has 2 heterocycles. The molecule has 1 amide bonds. The van der Waals surface area contributed by atoms with E-state index >= 15 is 0 Å². The average molecular weight is 1330 g/mol. The van der Waals surface area contributed by atoms with Crippen LogP contribution in [0.5, 0.6) is 0 Å². The van der Waals surface area contributed by atoms with E-state index in [1.807, 2.05) is 6.08 Å². The predicted molar refractivity (Wildman–Crippen MR) is 387 cm³/mol. The molecule has 2 aliphatic rings. The Morgan fingerprint density at radius 2 is 0.745 bits per heavy atom. The van der Waals surface area contributed by atoms with Crippen LogP contribution in [0.2, 0.25) is 0 Å². The number of rotatable bonds is 64. The van der Waals surface area contributed by atoms with Crippen LogP contribution in [0.25, 0.3) is 0 Å². The lowest BCUT2D eigenvalue weighted by Crippen LogP contribution is -2.65. The number of unbranched alkanes of at least 4 members (excludes halogenated alkanes) is 39. The van der Waals surface area contributed by atoms with E-state index in [-0.39, 0.29) is 18.9 Å². The molecule has 14 heteroatoms. The molecule has 0 spiro atoms. The summed E-state index contributed by atoms with van der Waals surface area (Å²) in [6, 6.07) is -0.942. The molecule has 12 atom stereocenters. The standard InChI is InChI=1S/C80H143NO13/c1-3-5-7-9-11-13-15-17-19-21-23-25-27-29-30-31-32-33-34-35-36-37-38-40-42-44-46-48-50-52-54-56-58-60-62-64-72(85)81-68(67-91-79-77(90)75(88)78(71(66-83)93-79)94-80-76(89)74(87)73(86)70(65-82)92-80)69(84)63-61-59-57-55-53-51-49-47-45-43-41-39-28-26-24-22-20-18-16-14-12-10-8-6-4-2/h5,7,11,13,17,19,23,25,45,47,53,55,61,63,68-71,73-80,82-84,86-90H,3-4,6,8-10,12,14-16,18,20-22,24,26-44,46,48-52,54,56-60,62,64-67H2,1-2H3,(H,81,85)/b7-5-,13-11-,19-17-,25-23-,47-45+,55-53+,63-61+. The Kier molecular flexibility index (Phi) is 59.0. The minimum absolute atomic E-state index is 0.249. The lowest BCUT2D eigenvalue weighted by molar-refractivity contribution is -0.359. The van der Waals surface area contributed by atoms with E-state index in [2.05, 4.69) is 92.1 Å². The highest BCUT2D eigenvalue weighted by molar-refractivity contribution is 5.76. The molecule has 0 aromatic heterocycles. The second-order valence-electron chi connectivity index (χ2n) is 27.1. The van der Waals surface area contributed by atoms with Crippen LogP contribution in [0.1, 0.15) is 322 Å². The third kappa shape index (κ3) is 46.4. The van der Waals surface area contributed by atoms with Gasteiger partial charge in [0.15, 0.2) is 12.6 Å². The van der Waals surface area contributed by atoms with Gasteiger partial charge in [0.05, 0.1) is 32.0 Å². The van der Waals surface area contributed by atoms with Gasteiger partial charge >= 0.3 is 0 Å². The van der Waals surface area contributed by atoms with Crippen molar-refractivity contribution < 1.29 is 64.6 Å². The fraction of sp³-hybridized carbons (Fsp3) is 0.812. The van der Waals surface area contributed by atoms with Gasteiger partial charge in [0.25, 0.3) is 0 Å². The van der Waals surface area contributed by atoms with Crippen molar-refractivity contribution in [3.63, 3.8) is 0 Å². The van der Waals surface area contributed by atoms with Crippen molar-refractivity contribution in [3.8, 4) is 0 Å². The van der Waals surface area contributed by atoms with Gasteiger partial charge in [-0.2, -0.15) is 0 Å². The first-order valence-corrected chi connectivity index (χ1v) is 38.8. The fourth-order valence-electron chi connectivity index (χ4n) is 12.4. The molecule has 0 bridgehead atoms. The molecule has 14 nitrogen and oxygen atoms in total. The highest BCUT2D eigenvalue weighted by Crippen LogP contribution is 2.30. The summed E-state index contributed by atoms with van der Waals surface area (Å²) in [5.41, 5.74) is 0. The number of carbonyl (C=O) groups is 1. The molecule has 0 aromatic rings. The van der Waals surface area contributed by atoms with E-state index in [0.717, 1.165) is 70.6 Å². The van der Waals surface area contributed by atoms with Crippen molar-refractivity contribution in [2.75, 3.05) is 19.8 Å². The summed E-state index contributed by atoms with van der Waals surface area (Å²) < 4.78 is 22.9. The number of nitrogens with one attached hydrogen (secondary N) is 1. The van der Waals surface area contributed by atoms with E-state index in [9.17, 15) is 45.6 Å². The molecule has 0 aliphatic carbocycles. The average Bonchev–Trinajstić information content (AvgIpc) is 0.794. The molecule has 94 heavy (non-hydrogen) atoms. The zero-order valence-corrected chi connectivity index (χ0v) is 59.7. The van der Waals surface area contributed by atoms with Crippen molar-refractivity contribution in [1.29, 1.82) is 0 Å². The van der Waals surface area contributed by atoms with E-state index in [4.69, 9.17) is 18.9 Å². The lowest BCUT2D eigenvalue weighted by atomic mass is 9.97. The Morgan fingerprint density at radius 1 is 0.394 bits per heavy atom. The summed E-state index contributed by atoms with van der Waals surface area (Å²) in [6.07, 6.45) is 72.3. The summed E-state index contributed by atoms with van der Waals surface area (Å²) >= 11 is 0. The number of carbonyl (C=O) groups excluding carboxylic acids is 1. The minimum Gasteiger partial charge on any atom is -0.394 e. The smallest absolute Gasteiger partial charge is 0.220 e. The van der Waals surface area contributed by atoms with E-state index in [1.165, 1.54) is 218 Å². The van der Waals surface area contributed by atoms with Gasteiger partial charge < -0.3 is 65.1 Å². The van der Waals surface area contributed by atoms with Gasteiger partial charge in [0.1, 0.15) is 48.8 Å². The number of hydrogen-bond acceptors (Lipinski definition) is 13. The van der Waals surface area contributed by atoms with Crippen LogP contribution in [0.3, 0.4) is 0 Å². The molecule has 0 aromatic carbocycles. The molecule has 2 saturated heterocycles. The lowest BCUT2D eigenvalue weighted by Gasteiger charge is -2.46. The molecule has 2 aliphatic heterocycles. The third-order valence-corrected chi connectivity index (χ3v) is 18.5. The summed E-state index contributed by atoms with van der Waals surface area (Å²) in [5.74, 6) is -0.249. The molecule has 0 saturated carbocycles. The second kappa shape index (κ2) is 63.6. The number of ether oxygens (including phenoxy) is 4. The molecule has 9 N–H and O–H groups in total. The Morgan fingerprint density at radius 3 is 1.17 bits per heavy atom. The van der Waals surface area contributed by atoms with Crippen LogP contribution in [0.15, 0.2) is 85.1 Å². The zero-order valence-electron chi connectivity index (χ0n) is 59.7. The maximum atomic E-state index is 13.4. The largest absolute Gasteiger partial charge is 0.394 e. The van der Waals surface area contributed by atoms with Crippen LogP contribution in [0, 0.1) is 0 Å². The maximum absolute atomic E-state index is 13.4. The van der Waals surface area contributed by atoms with Gasteiger partial charge in [-0.05, 0) is 83.5 Å². The first-order valence-electron chi connectivity index (χ1n) is 38.8. The van der Waals surface area contributed by atoms with Crippen LogP contribution in [-0.4, -0.2) is 140 Å². The molecule has 12 unspecified atom stereocenters. The summed E-state index contributed by atoms with van der Waals surface area (Å²) in [5, 5.41) is 87.6. The molecule has 2 rings (SSSR count). The maximum Gasteiger partial charge on any atom is 0.220 e. The Labute approximate surface area is 573 Å². The highest BCUT2D eigenvalue weighted by atomic mass is 16.7. The zero-order chi connectivity index (χ0) is 68.0. The summed E-state index contributed by atoms with van der Waals surface area (Å²) in [7, 11) is 0. The summed E-state index contributed by atoms with van der Waals surface area (Å²) in [4.78, 5) is 13.4. The van der Waals surface area contributed by atoms with Crippen LogP contribution in [0.4, 0.5) is 0 Å². The summed E-state index contributed by atoms with van der Waals surface area (Å²) in [6.45, 7) is 2.70. The molecule has 546 valence electrons. The Bertz CT molecular complexity index is 1900. The minimum atomic E-state index is -1.80. The van der Waals surface area contributed by atoms with Crippen molar-refractivity contribution in [2.24, 2.45) is 0 Å². The molecular formula is C80H143NO13. The van der Waals surface area contributed by atoms with E-state index in [1.54, 1.807) is 6.08 Å². The molecular weight excluding hydrogens is 1180 g/mol. The topological polar surface area (TPSA) is 228 Å². The van der Waals surface area contributed by atoms with Crippen LogP contribution in [-0.2, 0) is 23.7 Å². The third-order valence-electron chi connectivity index (χ3n) is 18.5. The highest BCUT2D eigenvalue weighted by Gasteiger charge is 2.51. The van der Waals surface area contributed by atoms with E-state index < -0.39 is 86.8 Å². The van der Waals surface area contributed by atoms with Crippen molar-refractivity contribution >= 4 is 5.91 Å². The van der Waals surface area contributed by atoms with Gasteiger partial charge in [0, 0.05) is 6.42 Å². The van der Waals surface area contributed by atoms with Gasteiger partial charge in [-0.25, -0.2) is 0 Å². The van der Waals surface area contributed by atoms with Crippen molar-refractivity contribution in [2.45, 2.75) is 396 Å².